The molecule has 9 heteroatoms. The Balaban J connectivity index is 1.48. The molecule has 1 aromatic carbocycles. The Bertz CT molecular complexity index is 952. The first-order valence-corrected chi connectivity index (χ1v) is 11.1. The third kappa shape index (κ3) is 4.94. The Morgan fingerprint density at radius 1 is 1.21 bits per heavy atom. The van der Waals surface area contributed by atoms with Crippen molar-refractivity contribution in [3.8, 4) is 11.3 Å². The van der Waals surface area contributed by atoms with Crippen LogP contribution in [0.2, 0.25) is 5.02 Å². The molecule has 3 heterocycles. The number of oxazole rings is 1. The zero-order valence-electron chi connectivity index (χ0n) is 16.5. The molecule has 1 aliphatic rings. The molecule has 0 spiro atoms. The zero-order chi connectivity index (χ0) is 20.2. The molecule has 0 unspecified atom stereocenters. The first-order chi connectivity index (χ1) is 14.1. The molecule has 0 aliphatic carbocycles. The molecule has 29 heavy (non-hydrogen) atoms. The van der Waals surface area contributed by atoms with Crippen molar-refractivity contribution in [1.29, 1.82) is 0 Å². The van der Waals surface area contributed by atoms with E-state index in [-0.39, 0.29) is 0 Å². The molecule has 1 aliphatic heterocycles. The molecule has 1 fully saturated rings. The van der Waals surface area contributed by atoms with Gasteiger partial charge in [-0.1, -0.05) is 49.3 Å². The summed E-state index contributed by atoms with van der Waals surface area (Å²) in [5, 5.41) is 10.5. The highest BCUT2D eigenvalue weighted by Crippen LogP contribution is 2.29. The minimum Gasteiger partial charge on any atom is -0.440 e. The maximum Gasteiger partial charge on any atom is 0.228 e. The number of anilines is 1. The third-order valence-corrected chi connectivity index (χ3v) is 5.71. The highest BCUT2D eigenvalue weighted by molar-refractivity contribution is 7.98. The number of aromatic nitrogens is 4. The molecule has 0 atom stereocenters. The molecule has 0 bridgehead atoms. The summed E-state index contributed by atoms with van der Waals surface area (Å²) in [7, 11) is 0. The maximum absolute atomic E-state index is 6.07. The summed E-state index contributed by atoms with van der Waals surface area (Å²) in [5.74, 6) is 3.34. The van der Waals surface area contributed by atoms with E-state index < -0.39 is 0 Å². The normalized spacial score (nSPS) is 14.7. The highest BCUT2D eigenvalue weighted by Gasteiger charge is 2.21. The molecule has 4 rings (SSSR count). The van der Waals surface area contributed by atoms with E-state index in [4.69, 9.17) is 20.8 Å². The summed E-state index contributed by atoms with van der Waals surface area (Å²) >= 11 is 7.66. The van der Waals surface area contributed by atoms with Crippen molar-refractivity contribution in [1.82, 2.24) is 19.7 Å². The second-order valence-corrected chi connectivity index (χ2v) is 8.68. The molecule has 0 radical (unpaired) electrons. The number of benzene rings is 1. The van der Waals surface area contributed by atoms with Crippen LogP contribution in [0.25, 0.3) is 11.3 Å². The van der Waals surface area contributed by atoms with Crippen molar-refractivity contribution in [3.05, 3.63) is 41.4 Å². The number of thioether (sulfide) groups is 1. The number of nitrogens with zero attached hydrogens (tertiary/aromatic N) is 5. The number of ether oxygens (including phenoxy) is 1. The summed E-state index contributed by atoms with van der Waals surface area (Å²) in [5.41, 5.74) is 0.916. The summed E-state index contributed by atoms with van der Waals surface area (Å²) in [6.07, 6.45) is 1.74. The Morgan fingerprint density at radius 3 is 2.79 bits per heavy atom. The van der Waals surface area contributed by atoms with Gasteiger partial charge >= 0.3 is 0 Å². The van der Waals surface area contributed by atoms with Gasteiger partial charge in [0, 0.05) is 30.2 Å². The lowest BCUT2D eigenvalue weighted by Gasteiger charge is -2.28. The second-order valence-electron chi connectivity index (χ2n) is 7.30. The highest BCUT2D eigenvalue weighted by atomic mass is 35.5. The van der Waals surface area contributed by atoms with Crippen molar-refractivity contribution in [2.24, 2.45) is 5.92 Å². The average Bonchev–Trinajstić information content (AvgIpc) is 3.34. The van der Waals surface area contributed by atoms with Crippen molar-refractivity contribution < 1.29 is 9.15 Å². The van der Waals surface area contributed by atoms with Crippen LogP contribution in [0.4, 0.5) is 5.95 Å². The van der Waals surface area contributed by atoms with Gasteiger partial charge in [0.25, 0.3) is 0 Å². The largest absolute Gasteiger partial charge is 0.440 e. The summed E-state index contributed by atoms with van der Waals surface area (Å²) < 4.78 is 13.6. The van der Waals surface area contributed by atoms with Crippen molar-refractivity contribution >= 4 is 29.3 Å². The van der Waals surface area contributed by atoms with Crippen molar-refractivity contribution in [3.63, 3.8) is 0 Å². The summed E-state index contributed by atoms with van der Waals surface area (Å²) in [6, 6.07) is 7.56. The first kappa shape index (κ1) is 20.3. The van der Waals surface area contributed by atoms with Gasteiger partial charge < -0.3 is 14.1 Å². The van der Waals surface area contributed by atoms with Crippen LogP contribution in [0, 0.1) is 5.92 Å². The van der Waals surface area contributed by atoms with Gasteiger partial charge in [0.15, 0.2) is 10.9 Å². The Morgan fingerprint density at radius 2 is 2.03 bits per heavy atom. The monoisotopic (exact) mass is 433 g/mol. The van der Waals surface area contributed by atoms with E-state index in [1.165, 1.54) is 0 Å². The first-order valence-electron chi connectivity index (χ1n) is 9.69. The van der Waals surface area contributed by atoms with Crippen LogP contribution in [0.1, 0.15) is 19.7 Å². The van der Waals surface area contributed by atoms with Crippen LogP contribution >= 0.6 is 23.4 Å². The summed E-state index contributed by atoms with van der Waals surface area (Å²) in [4.78, 5) is 6.65. The van der Waals surface area contributed by atoms with Gasteiger partial charge in [-0.25, -0.2) is 4.98 Å². The average molecular weight is 434 g/mol. The molecular formula is C20H24ClN5O2S. The van der Waals surface area contributed by atoms with E-state index in [0.717, 1.165) is 49.5 Å². The second kappa shape index (κ2) is 9.19. The number of hydrogen-bond donors (Lipinski definition) is 0. The van der Waals surface area contributed by atoms with Gasteiger partial charge in [0.05, 0.1) is 25.2 Å². The van der Waals surface area contributed by atoms with E-state index in [1.54, 1.807) is 18.0 Å². The van der Waals surface area contributed by atoms with Gasteiger partial charge in [0.2, 0.25) is 11.8 Å². The van der Waals surface area contributed by atoms with Crippen LogP contribution in [0.5, 0.6) is 0 Å². The molecule has 2 aromatic heterocycles. The standard InChI is InChI=1S/C20H24ClN5O2S/c1-14(2)12-26-19(25-6-8-27-9-7-25)23-24-20(26)29-13-18-22-11-17(28-18)15-4-3-5-16(21)10-15/h3-5,10-11,14H,6-9,12-13H2,1-2H3. The van der Waals surface area contributed by atoms with E-state index in [0.29, 0.717) is 28.3 Å². The number of halogens is 1. The maximum atomic E-state index is 6.07. The molecule has 0 amide bonds. The summed E-state index contributed by atoms with van der Waals surface area (Å²) in [6.45, 7) is 8.37. The van der Waals surface area contributed by atoms with Crippen LogP contribution in [-0.2, 0) is 17.0 Å². The van der Waals surface area contributed by atoms with Gasteiger partial charge in [-0.15, -0.1) is 10.2 Å². The minimum absolute atomic E-state index is 0.487. The lowest BCUT2D eigenvalue weighted by atomic mass is 10.2. The number of morpholine rings is 1. The Labute approximate surface area is 179 Å². The number of rotatable bonds is 7. The minimum atomic E-state index is 0.487. The predicted octanol–water partition coefficient (Wildman–Crippen LogP) is 4.37. The SMILES string of the molecule is CC(C)Cn1c(SCc2ncc(-c3cccc(Cl)c3)o2)nnc1N1CCOCC1. The fourth-order valence-electron chi connectivity index (χ4n) is 3.19. The molecular weight excluding hydrogens is 410 g/mol. The molecule has 3 aromatic rings. The van der Waals surface area contributed by atoms with Gasteiger partial charge in [-0.3, -0.25) is 4.57 Å². The molecule has 0 saturated carbocycles. The topological polar surface area (TPSA) is 69.2 Å². The van der Waals surface area contributed by atoms with E-state index >= 15 is 0 Å². The smallest absolute Gasteiger partial charge is 0.228 e. The lowest BCUT2D eigenvalue weighted by Crippen LogP contribution is -2.38. The Hall–Kier alpha value is -2.03. The van der Waals surface area contributed by atoms with Crippen molar-refractivity contribution in [2.75, 3.05) is 31.2 Å². The van der Waals surface area contributed by atoms with Gasteiger partial charge in [0.1, 0.15) is 0 Å². The lowest BCUT2D eigenvalue weighted by molar-refractivity contribution is 0.121. The van der Waals surface area contributed by atoms with Gasteiger partial charge in [-0.2, -0.15) is 0 Å². The third-order valence-electron chi connectivity index (χ3n) is 4.53. The van der Waals surface area contributed by atoms with Crippen LogP contribution in [0.3, 0.4) is 0 Å². The molecule has 154 valence electrons. The fraction of sp³-hybridized carbons (Fsp3) is 0.450. The van der Waals surface area contributed by atoms with Crippen LogP contribution in [0.15, 0.2) is 40.0 Å². The predicted molar refractivity (Wildman–Crippen MR) is 114 cm³/mol. The van der Waals surface area contributed by atoms with Crippen LogP contribution < -0.4 is 4.90 Å². The Kier molecular flexibility index (Phi) is 6.42. The molecule has 1 saturated heterocycles. The fourth-order valence-corrected chi connectivity index (χ4v) is 4.18. The zero-order valence-corrected chi connectivity index (χ0v) is 18.1. The molecule has 0 N–H and O–H groups in total. The number of hydrogen-bond acceptors (Lipinski definition) is 7. The van der Waals surface area contributed by atoms with Gasteiger partial charge in [-0.05, 0) is 18.1 Å². The quantitative estimate of drug-likeness (QED) is 0.512. The van der Waals surface area contributed by atoms with Crippen molar-refractivity contribution in [2.45, 2.75) is 31.3 Å². The molecule has 7 nitrogen and oxygen atoms in total. The van der Waals surface area contributed by atoms with E-state index in [9.17, 15) is 0 Å². The van der Waals surface area contributed by atoms with Crippen LogP contribution in [-0.4, -0.2) is 46.1 Å². The van der Waals surface area contributed by atoms with E-state index in [2.05, 4.69) is 38.5 Å². The van der Waals surface area contributed by atoms with E-state index in [1.807, 2.05) is 24.3 Å².